The fourth-order valence-electron chi connectivity index (χ4n) is 1.06. The van der Waals surface area contributed by atoms with Gasteiger partial charge in [0.05, 0.1) is 7.11 Å². The Kier molecular flexibility index (Phi) is 3.08. The summed E-state index contributed by atoms with van der Waals surface area (Å²) in [7, 11) is 1.39. The summed E-state index contributed by atoms with van der Waals surface area (Å²) in [6.45, 7) is -0.874. The van der Waals surface area contributed by atoms with Gasteiger partial charge < -0.3 is 14.9 Å². The van der Waals surface area contributed by atoms with Crippen molar-refractivity contribution in [2.45, 2.75) is 6.10 Å². The van der Waals surface area contributed by atoms with Gasteiger partial charge in [-0.3, -0.25) is 0 Å². The first-order chi connectivity index (χ1) is 6.19. The molecule has 0 aromatic heterocycles. The second kappa shape index (κ2) is 4.09. The Bertz CT molecular complexity index is 288. The monoisotopic (exact) mass is 186 g/mol. The van der Waals surface area contributed by atoms with Gasteiger partial charge in [0.25, 0.3) is 0 Å². The second-order valence-corrected chi connectivity index (χ2v) is 2.60. The number of rotatable bonds is 3. The molecule has 0 saturated carbocycles. The number of phenols is 1. The molecule has 0 fully saturated rings. The largest absolute Gasteiger partial charge is 0.508 e. The number of aliphatic hydroxyl groups is 1. The number of hydrogen-bond donors (Lipinski definition) is 2. The fraction of sp³-hybridized carbons (Fsp3) is 0.333. The van der Waals surface area contributed by atoms with Crippen LogP contribution in [0.1, 0.15) is 11.7 Å². The average Bonchev–Trinajstić information content (AvgIpc) is 2.16. The van der Waals surface area contributed by atoms with Crippen LogP contribution in [-0.2, 0) is 0 Å². The molecule has 0 bridgehead atoms. The van der Waals surface area contributed by atoms with E-state index in [4.69, 9.17) is 9.84 Å². The maximum Gasteiger partial charge on any atom is 0.128 e. The van der Waals surface area contributed by atoms with Crippen molar-refractivity contribution in [2.75, 3.05) is 13.8 Å². The van der Waals surface area contributed by atoms with Crippen molar-refractivity contribution in [3.63, 3.8) is 0 Å². The van der Waals surface area contributed by atoms with Crippen LogP contribution in [0, 0.1) is 0 Å². The standard InChI is InChI=1S/C9H11FO3/c1-13-9-4-6(11)2-3-7(9)8(12)5-10/h2-4,8,11-12H,5H2,1H3. The molecule has 0 aliphatic carbocycles. The van der Waals surface area contributed by atoms with E-state index in [-0.39, 0.29) is 11.5 Å². The van der Waals surface area contributed by atoms with E-state index in [9.17, 15) is 9.50 Å². The number of aromatic hydroxyl groups is 1. The molecule has 0 radical (unpaired) electrons. The number of ether oxygens (including phenoxy) is 1. The Morgan fingerprint density at radius 2 is 2.23 bits per heavy atom. The zero-order chi connectivity index (χ0) is 9.84. The Morgan fingerprint density at radius 3 is 2.77 bits per heavy atom. The maximum atomic E-state index is 12.1. The van der Waals surface area contributed by atoms with Crippen LogP contribution in [0.2, 0.25) is 0 Å². The number of alkyl halides is 1. The summed E-state index contributed by atoms with van der Waals surface area (Å²) in [5.41, 5.74) is 0.336. The van der Waals surface area contributed by atoms with E-state index >= 15 is 0 Å². The molecule has 1 unspecified atom stereocenters. The van der Waals surface area contributed by atoms with Crippen LogP contribution in [0.5, 0.6) is 11.5 Å². The molecule has 0 aliphatic heterocycles. The van der Waals surface area contributed by atoms with E-state index in [1.165, 1.54) is 25.3 Å². The lowest BCUT2D eigenvalue weighted by atomic mass is 10.1. The number of aliphatic hydroxyl groups excluding tert-OH is 1. The highest BCUT2D eigenvalue weighted by Gasteiger charge is 2.12. The smallest absolute Gasteiger partial charge is 0.128 e. The summed E-state index contributed by atoms with van der Waals surface area (Å²) < 4.78 is 17.0. The van der Waals surface area contributed by atoms with Gasteiger partial charge in [-0.15, -0.1) is 0 Å². The van der Waals surface area contributed by atoms with Crippen molar-refractivity contribution in [3.8, 4) is 11.5 Å². The minimum absolute atomic E-state index is 0.0201. The third-order valence-electron chi connectivity index (χ3n) is 1.72. The summed E-state index contributed by atoms with van der Waals surface area (Å²) in [4.78, 5) is 0. The minimum Gasteiger partial charge on any atom is -0.508 e. The summed E-state index contributed by atoms with van der Waals surface area (Å²) >= 11 is 0. The lowest BCUT2D eigenvalue weighted by molar-refractivity contribution is 0.138. The van der Waals surface area contributed by atoms with Crippen LogP contribution < -0.4 is 4.74 Å². The highest BCUT2D eigenvalue weighted by Crippen LogP contribution is 2.28. The zero-order valence-corrected chi connectivity index (χ0v) is 7.20. The van der Waals surface area contributed by atoms with Gasteiger partial charge in [0.15, 0.2) is 0 Å². The first kappa shape index (κ1) is 9.80. The van der Waals surface area contributed by atoms with Crippen molar-refractivity contribution in [3.05, 3.63) is 23.8 Å². The number of benzene rings is 1. The maximum absolute atomic E-state index is 12.1. The molecule has 0 amide bonds. The lowest BCUT2D eigenvalue weighted by Gasteiger charge is -2.11. The van der Waals surface area contributed by atoms with Crippen LogP contribution in [0.3, 0.4) is 0 Å². The molecule has 0 saturated heterocycles. The second-order valence-electron chi connectivity index (χ2n) is 2.60. The minimum atomic E-state index is -1.20. The Morgan fingerprint density at radius 1 is 1.54 bits per heavy atom. The number of hydrogen-bond acceptors (Lipinski definition) is 3. The van der Waals surface area contributed by atoms with Crippen LogP contribution in [-0.4, -0.2) is 24.0 Å². The summed E-state index contributed by atoms with van der Waals surface area (Å²) in [6.07, 6.45) is -1.20. The van der Waals surface area contributed by atoms with Gasteiger partial charge in [-0.1, -0.05) is 0 Å². The van der Waals surface area contributed by atoms with Gasteiger partial charge in [-0.25, -0.2) is 4.39 Å². The number of halogens is 1. The molecule has 1 rings (SSSR count). The SMILES string of the molecule is COc1cc(O)ccc1C(O)CF. The van der Waals surface area contributed by atoms with Crippen LogP contribution in [0.15, 0.2) is 18.2 Å². The molecule has 2 N–H and O–H groups in total. The van der Waals surface area contributed by atoms with Crippen molar-refractivity contribution in [1.29, 1.82) is 0 Å². The van der Waals surface area contributed by atoms with Crippen LogP contribution in [0.4, 0.5) is 4.39 Å². The average molecular weight is 186 g/mol. The third-order valence-corrected chi connectivity index (χ3v) is 1.72. The fourth-order valence-corrected chi connectivity index (χ4v) is 1.06. The van der Waals surface area contributed by atoms with Crippen molar-refractivity contribution >= 4 is 0 Å². The molecule has 0 spiro atoms. The van der Waals surface area contributed by atoms with Gasteiger partial charge in [-0.2, -0.15) is 0 Å². The molecule has 4 heteroatoms. The van der Waals surface area contributed by atoms with E-state index in [0.29, 0.717) is 5.56 Å². The quantitative estimate of drug-likeness (QED) is 0.750. The van der Waals surface area contributed by atoms with E-state index in [0.717, 1.165) is 0 Å². The molecular weight excluding hydrogens is 175 g/mol. The molecule has 3 nitrogen and oxygen atoms in total. The summed E-state index contributed by atoms with van der Waals surface area (Å²) in [5.74, 6) is 0.303. The van der Waals surface area contributed by atoms with Gasteiger partial charge in [0, 0.05) is 11.6 Å². The first-order valence-electron chi connectivity index (χ1n) is 3.80. The third kappa shape index (κ3) is 2.09. The van der Waals surface area contributed by atoms with Gasteiger partial charge in [-0.05, 0) is 12.1 Å². The topological polar surface area (TPSA) is 49.7 Å². The zero-order valence-electron chi connectivity index (χ0n) is 7.20. The molecular formula is C9H11FO3. The molecule has 0 aliphatic rings. The first-order valence-corrected chi connectivity index (χ1v) is 3.80. The summed E-state index contributed by atoms with van der Waals surface area (Å²) in [6, 6.07) is 4.13. The van der Waals surface area contributed by atoms with E-state index < -0.39 is 12.8 Å². The molecule has 1 aromatic carbocycles. The normalized spacial score (nSPS) is 12.5. The van der Waals surface area contributed by atoms with Crippen molar-refractivity contribution in [1.82, 2.24) is 0 Å². The van der Waals surface area contributed by atoms with Crippen LogP contribution >= 0.6 is 0 Å². The van der Waals surface area contributed by atoms with E-state index in [1.54, 1.807) is 0 Å². The molecule has 1 atom stereocenters. The van der Waals surface area contributed by atoms with Gasteiger partial charge >= 0.3 is 0 Å². The Balaban J connectivity index is 3.05. The van der Waals surface area contributed by atoms with E-state index in [2.05, 4.69) is 0 Å². The van der Waals surface area contributed by atoms with Gasteiger partial charge in [0.2, 0.25) is 0 Å². The highest BCUT2D eigenvalue weighted by atomic mass is 19.1. The van der Waals surface area contributed by atoms with Crippen LogP contribution in [0.25, 0.3) is 0 Å². The lowest BCUT2D eigenvalue weighted by Crippen LogP contribution is -2.01. The number of phenolic OH excluding ortho intramolecular Hbond substituents is 1. The van der Waals surface area contributed by atoms with Crippen molar-refractivity contribution < 1.29 is 19.3 Å². The van der Waals surface area contributed by atoms with E-state index in [1.807, 2.05) is 0 Å². The molecule has 0 heterocycles. The molecule has 72 valence electrons. The summed E-state index contributed by atoms with van der Waals surface area (Å²) in [5, 5.41) is 18.3. The highest BCUT2D eigenvalue weighted by molar-refractivity contribution is 5.41. The number of methoxy groups -OCH3 is 1. The Hall–Kier alpha value is -1.29. The van der Waals surface area contributed by atoms with Crippen molar-refractivity contribution in [2.24, 2.45) is 0 Å². The molecule has 13 heavy (non-hydrogen) atoms. The predicted octanol–water partition coefficient (Wildman–Crippen LogP) is 1.40. The predicted molar refractivity (Wildman–Crippen MR) is 45.6 cm³/mol. The Labute approximate surface area is 75.4 Å². The van der Waals surface area contributed by atoms with Gasteiger partial charge in [0.1, 0.15) is 24.3 Å². The molecule has 1 aromatic rings.